The number of carbonyl (C=O) groups excluding carboxylic acids is 1. The molecule has 2 atom stereocenters. The van der Waals surface area contributed by atoms with Crippen molar-refractivity contribution in [1.29, 1.82) is 0 Å². The van der Waals surface area contributed by atoms with E-state index in [0.717, 1.165) is 19.3 Å². The maximum atomic E-state index is 12.7. The quantitative estimate of drug-likeness (QED) is 0.546. The van der Waals surface area contributed by atoms with E-state index in [4.69, 9.17) is 9.16 Å². The van der Waals surface area contributed by atoms with E-state index in [1.807, 2.05) is 25.7 Å². The molecule has 1 heterocycles. The highest BCUT2D eigenvalue weighted by atomic mass is 28.4. The molecule has 1 aliphatic rings. The number of hydrogen-bond acceptors (Lipinski definition) is 5. The Morgan fingerprint density at radius 3 is 2.22 bits per heavy atom. The van der Waals surface area contributed by atoms with Gasteiger partial charge in [0, 0.05) is 26.2 Å². The Morgan fingerprint density at radius 2 is 1.78 bits per heavy atom. The Bertz CT molecular complexity index is 475. The molecule has 0 unspecified atom stereocenters. The third-order valence-corrected chi connectivity index (χ3v) is 9.83. The fraction of sp³-hybridized carbons (Fsp3) is 0.947. The second kappa shape index (κ2) is 9.76. The number of rotatable bonds is 6. The van der Waals surface area contributed by atoms with Crippen molar-refractivity contribution in [2.45, 2.75) is 96.7 Å². The molecule has 0 aromatic carbocycles. The highest BCUT2D eigenvalue weighted by molar-refractivity contribution is 6.74. The van der Waals surface area contributed by atoms with E-state index >= 15 is 0 Å². The van der Waals surface area contributed by atoms with Crippen LogP contribution in [-0.2, 0) is 9.16 Å². The summed E-state index contributed by atoms with van der Waals surface area (Å²) in [5.41, 5.74) is -0.509. The molecule has 0 bridgehead atoms. The van der Waals surface area contributed by atoms with Crippen LogP contribution in [0.4, 0.5) is 4.79 Å². The number of ether oxygens (including phenoxy) is 1. The minimum absolute atomic E-state index is 0. The topological polar surface area (TPSA) is 62.2 Å². The zero-order valence-corrected chi connectivity index (χ0v) is 19.3. The van der Waals surface area contributed by atoms with Crippen LogP contribution in [-0.4, -0.2) is 75.9 Å². The maximum Gasteiger partial charge on any atom is 0.410 e. The van der Waals surface area contributed by atoms with Crippen LogP contribution in [0.1, 0.15) is 60.8 Å². The van der Waals surface area contributed by atoms with Crippen molar-refractivity contribution in [2.24, 2.45) is 0 Å². The lowest BCUT2D eigenvalue weighted by Crippen LogP contribution is -2.45. The van der Waals surface area contributed by atoms with Crippen LogP contribution in [0.25, 0.3) is 0 Å². The normalized spacial score (nSPS) is 21.4. The number of hydroxylamine groups is 2. The summed E-state index contributed by atoms with van der Waals surface area (Å²) in [6, 6.07) is 0.0968. The molecule has 8 heteroatoms. The van der Waals surface area contributed by atoms with Gasteiger partial charge in [-0.1, -0.05) is 20.8 Å². The smallest absolute Gasteiger partial charge is 0.410 e. The first-order valence-corrected chi connectivity index (χ1v) is 12.6. The molecule has 27 heavy (non-hydrogen) atoms. The summed E-state index contributed by atoms with van der Waals surface area (Å²) < 4.78 is 12.2. The van der Waals surface area contributed by atoms with Gasteiger partial charge in [0.15, 0.2) is 8.32 Å². The molecular weight excluding hydrogens is 359 g/mol. The molecule has 0 saturated carbocycles. The Balaban J connectivity index is 0.00000676. The maximum absolute atomic E-state index is 12.7. The predicted molar refractivity (Wildman–Crippen MR) is 117 cm³/mol. The van der Waals surface area contributed by atoms with Gasteiger partial charge in [-0.05, 0) is 58.2 Å². The summed E-state index contributed by atoms with van der Waals surface area (Å²) in [5.74, 6) is 0. The molecule has 1 amide bonds. The van der Waals surface area contributed by atoms with Crippen molar-refractivity contribution < 1.29 is 19.2 Å². The molecule has 0 radical (unpaired) electrons. The lowest BCUT2D eigenvalue weighted by molar-refractivity contribution is -0.0663. The van der Waals surface area contributed by atoms with E-state index in [1.165, 1.54) is 5.06 Å². The van der Waals surface area contributed by atoms with Crippen LogP contribution < -0.4 is 0 Å². The lowest BCUT2D eigenvalue weighted by atomic mass is 10.1. The van der Waals surface area contributed by atoms with Gasteiger partial charge < -0.3 is 19.3 Å². The molecule has 1 saturated heterocycles. The van der Waals surface area contributed by atoms with Crippen molar-refractivity contribution >= 4 is 22.8 Å². The second-order valence-corrected chi connectivity index (χ2v) is 14.8. The number of amides is 1. The minimum atomic E-state index is -1.89. The monoisotopic (exact) mass is 402 g/mol. The second-order valence-electron chi connectivity index (χ2n) is 10.0. The van der Waals surface area contributed by atoms with Gasteiger partial charge in [-0.15, -0.1) is 0 Å². The Morgan fingerprint density at radius 1 is 1.22 bits per heavy atom. The molecule has 1 N–H and O–H groups in total. The first kappa shape index (κ1) is 26.4. The zero-order valence-electron chi connectivity index (χ0n) is 18.3. The molecule has 1 aliphatic heterocycles. The van der Waals surface area contributed by atoms with Crippen LogP contribution in [0.15, 0.2) is 0 Å². The van der Waals surface area contributed by atoms with Gasteiger partial charge in [0.1, 0.15) is 5.60 Å². The minimum Gasteiger partial charge on any atom is -0.444 e. The van der Waals surface area contributed by atoms with Gasteiger partial charge >= 0.3 is 6.09 Å². The summed E-state index contributed by atoms with van der Waals surface area (Å²) in [7, 11) is -0.244. The highest BCUT2D eigenvalue weighted by Gasteiger charge is 2.44. The van der Waals surface area contributed by atoms with Crippen LogP contribution >= 0.6 is 0 Å². The molecule has 1 fully saturated rings. The first-order valence-electron chi connectivity index (χ1n) is 9.70. The van der Waals surface area contributed by atoms with Crippen molar-refractivity contribution in [3.8, 4) is 0 Å². The van der Waals surface area contributed by atoms with Gasteiger partial charge in [0.25, 0.3) is 0 Å². The summed E-state index contributed by atoms with van der Waals surface area (Å²) >= 11 is 0. The molecule has 0 aromatic rings. The van der Waals surface area contributed by atoms with Gasteiger partial charge in [-0.25, -0.2) is 4.79 Å². The highest BCUT2D eigenvalue weighted by Crippen LogP contribution is 2.39. The van der Waals surface area contributed by atoms with Crippen molar-refractivity contribution in [1.82, 2.24) is 9.96 Å². The summed E-state index contributed by atoms with van der Waals surface area (Å²) in [6.07, 6.45) is 2.29. The molecular formula is C19H43BN2O4Si. The number of likely N-dealkylation sites (tertiary alicyclic amines) is 1. The van der Waals surface area contributed by atoms with E-state index < -0.39 is 13.9 Å². The predicted octanol–water partition coefficient (Wildman–Crippen LogP) is 3.30. The summed E-state index contributed by atoms with van der Waals surface area (Å²) in [6.45, 7) is 18.0. The lowest BCUT2D eigenvalue weighted by Gasteiger charge is -2.38. The largest absolute Gasteiger partial charge is 0.444 e. The third kappa shape index (κ3) is 8.54. The molecule has 6 nitrogen and oxygen atoms in total. The van der Waals surface area contributed by atoms with E-state index in [2.05, 4.69) is 33.9 Å². The van der Waals surface area contributed by atoms with E-state index in [0.29, 0.717) is 13.1 Å². The molecule has 1 rings (SSSR count). The van der Waals surface area contributed by atoms with Crippen molar-refractivity contribution in [2.75, 3.05) is 20.1 Å². The number of carbonyl (C=O) groups is 1. The van der Waals surface area contributed by atoms with Gasteiger partial charge in [0.05, 0.1) is 14.5 Å². The Labute approximate surface area is 169 Å². The molecule has 160 valence electrons. The standard InChI is InChI=1S/C19H40N2O4Si.BH3/c1-18(2,3)24-17(22)21-14-16(25-26(8,9)19(4,5)6)13-15(21)11-10-12-20(7)23;/h15-16,23H,10-14H2,1-9H3;1H3/t15-,16+;/m0./s1. The van der Waals surface area contributed by atoms with E-state index in [9.17, 15) is 10.0 Å². The third-order valence-electron chi connectivity index (χ3n) is 5.29. The number of hydrogen-bond donors (Lipinski definition) is 1. The summed E-state index contributed by atoms with van der Waals surface area (Å²) in [4.78, 5) is 14.5. The Hall–Kier alpha value is -0.568. The van der Waals surface area contributed by atoms with Gasteiger partial charge in [-0.3, -0.25) is 0 Å². The average molecular weight is 402 g/mol. The van der Waals surface area contributed by atoms with Crippen LogP contribution in [0.5, 0.6) is 0 Å². The number of nitrogens with zero attached hydrogens (tertiary/aromatic N) is 2. The summed E-state index contributed by atoms with van der Waals surface area (Å²) in [5, 5.41) is 10.7. The van der Waals surface area contributed by atoms with Gasteiger partial charge in [-0.2, -0.15) is 5.06 Å². The van der Waals surface area contributed by atoms with Crippen LogP contribution in [0.3, 0.4) is 0 Å². The van der Waals surface area contributed by atoms with E-state index in [-0.39, 0.29) is 31.7 Å². The first-order chi connectivity index (χ1) is 11.6. The fourth-order valence-electron chi connectivity index (χ4n) is 2.93. The fourth-order valence-corrected chi connectivity index (χ4v) is 4.28. The molecule has 0 aromatic heterocycles. The molecule has 0 spiro atoms. The Kier molecular flexibility index (Phi) is 9.56. The van der Waals surface area contributed by atoms with Crippen LogP contribution in [0, 0.1) is 0 Å². The zero-order chi connectivity index (χ0) is 20.3. The van der Waals surface area contributed by atoms with Crippen molar-refractivity contribution in [3.63, 3.8) is 0 Å². The van der Waals surface area contributed by atoms with Crippen molar-refractivity contribution in [3.05, 3.63) is 0 Å². The van der Waals surface area contributed by atoms with E-state index in [1.54, 1.807) is 7.05 Å². The molecule has 0 aliphatic carbocycles. The van der Waals surface area contributed by atoms with Gasteiger partial charge in [0.2, 0.25) is 0 Å². The average Bonchev–Trinajstić information content (AvgIpc) is 2.77. The van der Waals surface area contributed by atoms with Crippen LogP contribution in [0.2, 0.25) is 18.1 Å². The SMILES string of the molecule is B.CN(O)CCC[C@H]1C[C@@H](O[Si](C)(C)C(C)(C)C)CN1C(=O)OC(C)(C)C.